The number of hydrogen-bond donors (Lipinski definition) is 1. The predicted octanol–water partition coefficient (Wildman–Crippen LogP) is 4.24. The van der Waals surface area contributed by atoms with Gasteiger partial charge in [-0.1, -0.05) is 48.5 Å². The molecule has 4 nitrogen and oxygen atoms in total. The Morgan fingerprint density at radius 2 is 1.79 bits per heavy atom. The van der Waals surface area contributed by atoms with Gasteiger partial charge in [-0.05, 0) is 36.3 Å². The molecule has 120 valence electrons. The number of hydrogen-bond acceptors (Lipinski definition) is 4. The van der Waals surface area contributed by atoms with Crippen LogP contribution in [0.3, 0.4) is 0 Å². The van der Waals surface area contributed by atoms with Crippen LogP contribution in [0, 0.1) is 6.92 Å². The lowest BCUT2D eigenvalue weighted by Gasteiger charge is -2.07. The first-order valence-corrected chi connectivity index (χ1v) is 7.68. The standard InChI is InChI=1S/C20H18N2O2/c1-15-12-20(23)22-19(21-15)11-10-16-8-5-9-18(13-16)24-14-17-6-3-2-4-7-17/h2-13H,14H2,1H3,(H,21,22,23). The Balaban J connectivity index is 1.69. The molecule has 1 heterocycles. The van der Waals surface area contributed by atoms with Gasteiger partial charge < -0.3 is 9.84 Å². The molecule has 0 atom stereocenters. The second-order valence-electron chi connectivity index (χ2n) is 5.41. The number of aromatic hydroxyl groups is 1. The molecule has 0 saturated heterocycles. The lowest BCUT2D eigenvalue weighted by atomic mass is 10.2. The second-order valence-corrected chi connectivity index (χ2v) is 5.41. The van der Waals surface area contributed by atoms with Crippen LogP contribution in [-0.2, 0) is 6.61 Å². The molecule has 2 aromatic carbocycles. The molecule has 0 aliphatic rings. The van der Waals surface area contributed by atoms with Gasteiger partial charge in [-0.15, -0.1) is 0 Å². The highest BCUT2D eigenvalue weighted by Gasteiger charge is 1.99. The second kappa shape index (κ2) is 7.42. The van der Waals surface area contributed by atoms with Crippen molar-refractivity contribution in [2.45, 2.75) is 13.5 Å². The van der Waals surface area contributed by atoms with Gasteiger partial charge in [0, 0.05) is 11.8 Å². The van der Waals surface area contributed by atoms with Crippen LogP contribution in [0.2, 0.25) is 0 Å². The molecule has 0 spiro atoms. The zero-order valence-corrected chi connectivity index (χ0v) is 13.4. The fourth-order valence-electron chi connectivity index (χ4n) is 2.27. The van der Waals surface area contributed by atoms with E-state index in [0.717, 1.165) is 22.6 Å². The molecule has 0 fully saturated rings. The summed E-state index contributed by atoms with van der Waals surface area (Å²) in [5.74, 6) is 1.25. The third-order valence-electron chi connectivity index (χ3n) is 3.39. The molecule has 0 unspecified atom stereocenters. The van der Waals surface area contributed by atoms with Crippen molar-refractivity contribution in [3.05, 3.63) is 83.3 Å². The summed E-state index contributed by atoms with van der Waals surface area (Å²) in [7, 11) is 0. The van der Waals surface area contributed by atoms with Gasteiger partial charge in [0.2, 0.25) is 5.88 Å². The molecule has 0 saturated carbocycles. The topological polar surface area (TPSA) is 55.2 Å². The monoisotopic (exact) mass is 318 g/mol. The zero-order chi connectivity index (χ0) is 16.8. The zero-order valence-electron chi connectivity index (χ0n) is 13.4. The fourth-order valence-corrected chi connectivity index (χ4v) is 2.27. The third-order valence-corrected chi connectivity index (χ3v) is 3.39. The summed E-state index contributed by atoms with van der Waals surface area (Å²) >= 11 is 0. The highest BCUT2D eigenvalue weighted by atomic mass is 16.5. The first-order chi connectivity index (χ1) is 11.7. The third kappa shape index (κ3) is 4.43. The maximum absolute atomic E-state index is 9.51. The van der Waals surface area contributed by atoms with E-state index in [1.807, 2.05) is 67.6 Å². The average Bonchev–Trinajstić information content (AvgIpc) is 2.59. The van der Waals surface area contributed by atoms with Gasteiger partial charge in [0.25, 0.3) is 0 Å². The van der Waals surface area contributed by atoms with Crippen LogP contribution in [0.4, 0.5) is 0 Å². The van der Waals surface area contributed by atoms with Crippen LogP contribution in [-0.4, -0.2) is 15.1 Å². The Bertz CT molecular complexity index is 825. The van der Waals surface area contributed by atoms with Crippen LogP contribution in [0.15, 0.2) is 60.7 Å². The van der Waals surface area contributed by atoms with E-state index in [4.69, 9.17) is 4.74 Å². The van der Waals surface area contributed by atoms with Gasteiger partial charge in [0.1, 0.15) is 12.4 Å². The number of nitrogens with zero attached hydrogens (tertiary/aromatic N) is 2. The van der Waals surface area contributed by atoms with Crippen molar-refractivity contribution in [3.63, 3.8) is 0 Å². The van der Waals surface area contributed by atoms with E-state index in [-0.39, 0.29) is 5.88 Å². The highest BCUT2D eigenvalue weighted by molar-refractivity contribution is 5.67. The Labute approximate surface area is 141 Å². The molecule has 1 N–H and O–H groups in total. The van der Waals surface area contributed by atoms with Gasteiger partial charge in [-0.3, -0.25) is 0 Å². The first kappa shape index (κ1) is 15.7. The Morgan fingerprint density at radius 3 is 2.58 bits per heavy atom. The lowest BCUT2D eigenvalue weighted by molar-refractivity contribution is 0.306. The summed E-state index contributed by atoms with van der Waals surface area (Å²) in [4.78, 5) is 8.23. The molecule has 1 aromatic heterocycles. The number of aromatic nitrogens is 2. The summed E-state index contributed by atoms with van der Waals surface area (Å²) in [6.45, 7) is 2.35. The summed E-state index contributed by atoms with van der Waals surface area (Å²) in [5.41, 5.74) is 2.83. The Kier molecular flexibility index (Phi) is 4.87. The van der Waals surface area contributed by atoms with Gasteiger partial charge in [-0.2, -0.15) is 4.98 Å². The van der Waals surface area contributed by atoms with Gasteiger partial charge >= 0.3 is 0 Å². The van der Waals surface area contributed by atoms with Crippen LogP contribution in [0.5, 0.6) is 11.6 Å². The van der Waals surface area contributed by atoms with Crippen LogP contribution in [0.25, 0.3) is 12.2 Å². The van der Waals surface area contributed by atoms with Crippen molar-refractivity contribution in [1.82, 2.24) is 9.97 Å². The van der Waals surface area contributed by atoms with E-state index in [9.17, 15) is 5.11 Å². The summed E-state index contributed by atoms with van der Waals surface area (Å²) in [6.07, 6.45) is 3.66. The van der Waals surface area contributed by atoms with Gasteiger partial charge in [-0.25, -0.2) is 4.98 Å². The molecular weight excluding hydrogens is 300 g/mol. The normalized spacial score (nSPS) is 10.9. The van der Waals surface area contributed by atoms with Crippen molar-refractivity contribution in [2.24, 2.45) is 0 Å². The molecule has 3 rings (SSSR count). The Morgan fingerprint density at radius 1 is 0.958 bits per heavy atom. The van der Waals surface area contributed by atoms with E-state index in [1.165, 1.54) is 6.07 Å². The molecule has 3 aromatic rings. The average molecular weight is 318 g/mol. The van der Waals surface area contributed by atoms with Crippen molar-refractivity contribution in [1.29, 1.82) is 0 Å². The van der Waals surface area contributed by atoms with Crippen LogP contribution >= 0.6 is 0 Å². The molecule has 0 aliphatic heterocycles. The summed E-state index contributed by atoms with van der Waals surface area (Å²) in [6, 6.07) is 19.4. The number of rotatable bonds is 5. The fraction of sp³-hybridized carbons (Fsp3) is 0.100. The molecule has 0 aliphatic carbocycles. The molecule has 0 amide bonds. The van der Waals surface area contributed by atoms with E-state index < -0.39 is 0 Å². The van der Waals surface area contributed by atoms with E-state index in [1.54, 1.807) is 6.08 Å². The minimum atomic E-state index is -0.0258. The lowest BCUT2D eigenvalue weighted by Crippen LogP contribution is -1.95. The van der Waals surface area contributed by atoms with E-state index in [0.29, 0.717) is 12.4 Å². The summed E-state index contributed by atoms with van der Waals surface area (Å²) in [5, 5.41) is 9.51. The molecule has 0 bridgehead atoms. The SMILES string of the molecule is Cc1cc(O)nc(C=Cc2cccc(OCc3ccccc3)c2)n1. The minimum Gasteiger partial charge on any atom is -0.493 e. The maximum atomic E-state index is 9.51. The number of ether oxygens (including phenoxy) is 1. The van der Waals surface area contributed by atoms with Gasteiger partial charge in [0.15, 0.2) is 5.82 Å². The minimum absolute atomic E-state index is 0.0258. The van der Waals surface area contributed by atoms with Crippen molar-refractivity contribution in [3.8, 4) is 11.6 Å². The van der Waals surface area contributed by atoms with Crippen LogP contribution in [0.1, 0.15) is 22.6 Å². The van der Waals surface area contributed by atoms with E-state index in [2.05, 4.69) is 9.97 Å². The van der Waals surface area contributed by atoms with Crippen molar-refractivity contribution >= 4 is 12.2 Å². The van der Waals surface area contributed by atoms with E-state index >= 15 is 0 Å². The smallest absolute Gasteiger partial charge is 0.214 e. The predicted molar refractivity (Wildman–Crippen MR) is 94.6 cm³/mol. The Hall–Kier alpha value is -3.14. The molecule has 0 radical (unpaired) electrons. The molecular formula is C20H18N2O2. The molecule has 4 heteroatoms. The maximum Gasteiger partial charge on any atom is 0.214 e. The first-order valence-electron chi connectivity index (χ1n) is 7.68. The highest BCUT2D eigenvalue weighted by Crippen LogP contribution is 2.17. The van der Waals surface area contributed by atoms with Gasteiger partial charge in [0.05, 0.1) is 0 Å². The number of aryl methyl sites for hydroxylation is 1. The van der Waals surface area contributed by atoms with Crippen molar-refractivity contribution in [2.75, 3.05) is 0 Å². The van der Waals surface area contributed by atoms with Crippen molar-refractivity contribution < 1.29 is 9.84 Å². The molecule has 24 heavy (non-hydrogen) atoms. The van der Waals surface area contributed by atoms with Crippen LogP contribution < -0.4 is 4.74 Å². The number of benzene rings is 2. The quantitative estimate of drug-likeness (QED) is 0.764. The summed E-state index contributed by atoms with van der Waals surface area (Å²) < 4.78 is 5.82. The largest absolute Gasteiger partial charge is 0.493 e.